The van der Waals surface area contributed by atoms with E-state index in [0.29, 0.717) is 18.5 Å². The van der Waals surface area contributed by atoms with Gasteiger partial charge in [0, 0.05) is 23.8 Å². The Balaban J connectivity index is 2.75. The Morgan fingerprint density at radius 3 is 2.40 bits per heavy atom. The lowest BCUT2D eigenvalue weighted by molar-refractivity contribution is -0.154. The van der Waals surface area contributed by atoms with Crippen molar-refractivity contribution in [2.24, 2.45) is 0 Å². The van der Waals surface area contributed by atoms with E-state index in [1.165, 1.54) is 0 Å². The number of nitrogens with one attached hydrogen (secondary N) is 1. The molecule has 6 heteroatoms. The lowest BCUT2D eigenvalue weighted by Crippen LogP contribution is -2.35. The minimum Gasteiger partial charge on any atom is -0.468 e. The van der Waals surface area contributed by atoms with Crippen molar-refractivity contribution in [2.75, 3.05) is 6.61 Å². The summed E-state index contributed by atoms with van der Waals surface area (Å²) in [5.74, 6) is 0.0596. The van der Waals surface area contributed by atoms with Gasteiger partial charge in [-0.3, -0.25) is 0 Å². The lowest BCUT2D eigenvalue weighted by Gasteiger charge is -2.21. The second kappa shape index (κ2) is 6.43. The Labute approximate surface area is 117 Å². The predicted octanol–water partition coefficient (Wildman–Crippen LogP) is 3.47. The molecular formula is C14H21F3N2O. The summed E-state index contributed by atoms with van der Waals surface area (Å²) in [5.41, 5.74) is 1.58. The molecule has 0 amide bonds. The maximum absolute atomic E-state index is 12.1. The molecule has 20 heavy (non-hydrogen) atoms. The Morgan fingerprint density at radius 2 is 1.90 bits per heavy atom. The van der Waals surface area contributed by atoms with Gasteiger partial charge in [0.15, 0.2) is 6.61 Å². The molecule has 114 valence electrons. The molecule has 0 aliphatic rings. The Morgan fingerprint density at radius 1 is 1.25 bits per heavy atom. The van der Waals surface area contributed by atoms with E-state index in [1.807, 2.05) is 33.8 Å². The quantitative estimate of drug-likeness (QED) is 0.901. The van der Waals surface area contributed by atoms with Gasteiger partial charge in [0.1, 0.15) is 0 Å². The molecule has 1 rings (SSSR count). The van der Waals surface area contributed by atoms with E-state index in [0.717, 1.165) is 5.56 Å². The molecule has 1 heterocycles. The van der Waals surface area contributed by atoms with Crippen LogP contribution in [0.1, 0.15) is 38.8 Å². The van der Waals surface area contributed by atoms with Crippen molar-refractivity contribution in [1.29, 1.82) is 0 Å². The van der Waals surface area contributed by atoms with Crippen LogP contribution in [0.2, 0.25) is 0 Å². The van der Waals surface area contributed by atoms with Crippen LogP contribution in [-0.2, 0) is 13.0 Å². The largest absolute Gasteiger partial charge is 0.468 e. The zero-order valence-electron chi connectivity index (χ0n) is 12.3. The van der Waals surface area contributed by atoms with Crippen LogP contribution in [0.4, 0.5) is 13.2 Å². The second-order valence-electron chi connectivity index (χ2n) is 5.67. The van der Waals surface area contributed by atoms with E-state index in [1.54, 1.807) is 6.20 Å². The summed E-state index contributed by atoms with van der Waals surface area (Å²) in [7, 11) is 0. The van der Waals surface area contributed by atoms with Crippen LogP contribution >= 0.6 is 0 Å². The summed E-state index contributed by atoms with van der Waals surface area (Å²) in [6.07, 6.45) is -2.23. The van der Waals surface area contributed by atoms with E-state index in [2.05, 4.69) is 10.3 Å². The number of pyridine rings is 1. The molecule has 0 aliphatic heterocycles. The van der Waals surface area contributed by atoms with Crippen molar-refractivity contribution in [3.8, 4) is 5.88 Å². The number of aryl methyl sites for hydroxylation is 1. The molecule has 3 nitrogen and oxygen atoms in total. The molecule has 1 aromatic rings. The van der Waals surface area contributed by atoms with Crippen molar-refractivity contribution in [1.82, 2.24) is 10.3 Å². The van der Waals surface area contributed by atoms with Gasteiger partial charge >= 0.3 is 6.18 Å². The molecule has 1 aromatic heterocycles. The molecule has 0 spiro atoms. The number of aromatic nitrogens is 1. The molecule has 0 bridgehead atoms. The van der Waals surface area contributed by atoms with Crippen molar-refractivity contribution < 1.29 is 17.9 Å². The Kier molecular flexibility index (Phi) is 5.39. The van der Waals surface area contributed by atoms with E-state index in [4.69, 9.17) is 4.74 Å². The van der Waals surface area contributed by atoms with E-state index >= 15 is 0 Å². The molecule has 1 N–H and O–H groups in total. The van der Waals surface area contributed by atoms with Crippen molar-refractivity contribution in [3.63, 3.8) is 0 Å². The van der Waals surface area contributed by atoms with Gasteiger partial charge in [0.2, 0.25) is 5.88 Å². The number of hydrogen-bond donors (Lipinski definition) is 1. The normalized spacial score (nSPS) is 12.6. The first-order valence-electron chi connectivity index (χ1n) is 6.53. The zero-order chi connectivity index (χ0) is 15.4. The van der Waals surface area contributed by atoms with Crippen LogP contribution < -0.4 is 10.1 Å². The minimum absolute atomic E-state index is 0.0299. The second-order valence-corrected chi connectivity index (χ2v) is 5.67. The van der Waals surface area contributed by atoms with Gasteiger partial charge in [0.25, 0.3) is 0 Å². The molecule has 0 saturated carbocycles. The molecule has 0 radical (unpaired) electrons. The highest BCUT2D eigenvalue weighted by Gasteiger charge is 2.29. The smallest absolute Gasteiger partial charge is 0.422 e. The Hall–Kier alpha value is -1.30. The number of alkyl halides is 3. The highest BCUT2D eigenvalue weighted by Crippen LogP contribution is 2.21. The number of nitrogens with zero attached hydrogens (tertiary/aromatic N) is 1. The summed E-state index contributed by atoms with van der Waals surface area (Å²) < 4.78 is 41.2. The summed E-state index contributed by atoms with van der Waals surface area (Å²) >= 11 is 0. The van der Waals surface area contributed by atoms with Gasteiger partial charge in [-0.15, -0.1) is 0 Å². The average molecular weight is 290 g/mol. The summed E-state index contributed by atoms with van der Waals surface area (Å²) in [4.78, 5) is 3.99. The summed E-state index contributed by atoms with van der Waals surface area (Å²) in [6, 6.07) is 1.83. The zero-order valence-corrected chi connectivity index (χ0v) is 12.3. The third kappa shape index (κ3) is 6.23. The highest BCUT2D eigenvalue weighted by molar-refractivity contribution is 5.30. The lowest BCUT2D eigenvalue weighted by atomic mass is 10.1. The molecule has 0 atom stereocenters. The average Bonchev–Trinajstić information content (AvgIpc) is 2.32. The molecule has 0 fully saturated rings. The van der Waals surface area contributed by atoms with E-state index in [9.17, 15) is 13.2 Å². The summed E-state index contributed by atoms with van der Waals surface area (Å²) in [6.45, 7) is 7.29. The van der Waals surface area contributed by atoms with Crippen LogP contribution in [0.25, 0.3) is 0 Å². The number of hydrogen-bond acceptors (Lipinski definition) is 3. The maximum Gasteiger partial charge on any atom is 0.422 e. The van der Waals surface area contributed by atoms with Crippen LogP contribution in [-0.4, -0.2) is 23.3 Å². The minimum atomic E-state index is -4.35. The van der Waals surface area contributed by atoms with Crippen LogP contribution in [0.5, 0.6) is 5.88 Å². The monoisotopic (exact) mass is 290 g/mol. The number of rotatable bonds is 5. The number of halogens is 3. The van der Waals surface area contributed by atoms with Crippen molar-refractivity contribution >= 4 is 0 Å². The van der Waals surface area contributed by atoms with Gasteiger partial charge in [-0.05, 0) is 38.8 Å². The number of ether oxygens (including phenoxy) is 1. The van der Waals surface area contributed by atoms with Gasteiger partial charge in [-0.2, -0.15) is 13.2 Å². The Bertz CT molecular complexity index is 439. The fourth-order valence-corrected chi connectivity index (χ4v) is 1.54. The highest BCUT2D eigenvalue weighted by atomic mass is 19.4. The summed E-state index contributed by atoms with van der Waals surface area (Å²) in [5, 5.41) is 3.30. The fourth-order valence-electron chi connectivity index (χ4n) is 1.54. The standard InChI is InChI=1S/C14H21F3N2O/c1-5-11-6-10(8-19-13(2,3)4)7-18-12(11)20-9-14(15,16)17/h6-7,19H,5,8-9H2,1-4H3. The first kappa shape index (κ1) is 16.8. The molecular weight excluding hydrogens is 269 g/mol. The van der Waals surface area contributed by atoms with Crippen LogP contribution in [0.15, 0.2) is 12.3 Å². The SMILES string of the molecule is CCc1cc(CNC(C)(C)C)cnc1OCC(F)(F)F. The first-order valence-corrected chi connectivity index (χ1v) is 6.53. The van der Waals surface area contributed by atoms with Crippen LogP contribution in [0, 0.1) is 0 Å². The topological polar surface area (TPSA) is 34.2 Å². The predicted molar refractivity (Wildman–Crippen MR) is 71.8 cm³/mol. The van der Waals surface area contributed by atoms with E-state index in [-0.39, 0.29) is 11.4 Å². The third-order valence-corrected chi connectivity index (χ3v) is 2.56. The van der Waals surface area contributed by atoms with Gasteiger partial charge in [-0.1, -0.05) is 6.92 Å². The van der Waals surface area contributed by atoms with Crippen molar-refractivity contribution in [2.45, 2.75) is 52.4 Å². The molecule has 0 unspecified atom stereocenters. The van der Waals surface area contributed by atoms with Gasteiger partial charge in [-0.25, -0.2) is 4.98 Å². The van der Waals surface area contributed by atoms with Gasteiger partial charge in [0.05, 0.1) is 0 Å². The molecule has 0 aromatic carbocycles. The van der Waals surface area contributed by atoms with Crippen LogP contribution in [0.3, 0.4) is 0 Å². The third-order valence-electron chi connectivity index (χ3n) is 2.56. The van der Waals surface area contributed by atoms with E-state index < -0.39 is 12.8 Å². The fraction of sp³-hybridized carbons (Fsp3) is 0.643. The molecule has 0 saturated heterocycles. The van der Waals surface area contributed by atoms with Crippen molar-refractivity contribution in [3.05, 3.63) is 23.4 Å². The maximum atomic E-state index is 12.1. The molecule has 0 aliphatic carbocycles. The van der Waals surface area contributed by atoms with Gasteiger partial charge < -0.3 is 10.1 Å². The first-order chi connectivity index (χ1) is 9.11.